The molecule has 9 heteroatoms. The number of nitrogens with zero attached hydrogens (tertiary/aromatic N) is 1. The lowest BCUT2D eigenvalue weighted by molar-refractivity contribution is -0.384. The molecule has 0 aliphatic heterocycles. The molecular formula is C16H15BrFN3O4. The molecule has 0 unspecified atom stereocenters. The van der Waals surface area contributed by atoms with Crippen molar-refractivity contribution < 1.29 is 18.8 Å². The molecule has 2 aromatic carbocycles. The van der Waals surface area contributed by atoms with Gasteiger partial charge in [0.05, 0.1) is 9.40 Å². The van der Waals surface area contributed by atoms with Gasteiger partial charge in [0.15, 0.2) is 6.61 Å². The molecule has 7 nitrogen and oxygen atoms in total. The highest BCUT2D eigenvalue weighted by Crippen LogP contribution is 2.25. The fourth-order valence-corrected chi connectivity index (χ4v) is 2.43. The van der Waals surface area contributed by atoms with Crippen LogP contribution in [0.15, 0.2) is 46.9 Å². The van der Waals surface area contributed by atoms with Gasteiger partial charge in [0.25, 0.3) is 11.6 Å². The van der Waals surface area contributed by atoms with Crippen LogP contribution in [0.5, 0.6) is 5.75 Å². The van der Waals surface area contributed by atoms with Crippen LogP contribution in [0.1, 0.15) is 0 Å². The maximum absolute atomic E-state index is 13.0. The summed E-state index contributed by atoms with van der Waals surface area (Å²) in [7, 11) is 0. The molecule has 0 saturated carbocycles. The van der Waals surface area contributed by atoms with E-state index < -0.39 is 10.7 Å². The average molecular weight is 412 g/mol. The van der Waals surface area contributed by atoms with Crippen LogP contribution in [0.4, 0.5) is 15.8 Å². The fraction of sp³-hybridized carbons (Fsp3) is 0.188. The molecule has 0 spiro atoms. The second-order valence-electron chi connectivity index (χ2n) is 4.91. The first-order valence-corrected chi connectivity index (χ1v) is 8.08. The molecule has 0 heterocycles. The Bertz CT molecular complexity index is 773. The maximum Gasteiger partial charge on any atom is 0.292 e. The third kappa shape index (κ3) is 5.71. The number of halogens is 2. The van der Waals surface area contributed by atoms with Gasteiger partial charge in [-0.05, 0) is 40.2 Å². The normalized spacial score (nSPS) is 10.2. The standard InChI is InChI=1S/C16H15BrFN3O4/c17-12-9-11(18)5-6-15(12)25-10-16(22)20-8-7-19-13-3-1-2-4-14(13)21(23)24/h1-6,9,19H,7-8,10H2,(H,20,22). The molecule has 0 radical (unpaired) electrons. The summed E-state index contributed by atoms with van der Waals surface area (Å²) in [4.78, 5) is 22.1. The second kappa shape index (κ2) is 8.97. The number of nitro benzene ring substituents is 1. The summed E-state index contributed by atoms with van der Waals surface area (Å²) in [5.41, 5.74) is 0.353. The summed E-state index contributed by atoms with van der Waals surface area (Å²) < 4.78 is 18.7. The van der Waals surface area contributed by atoms with E-state index in [-0.39, 0.29) is 24.7 Å². The van der Waals surface area contributed by atoms with Crippen LogP contribution < -0.4 is 15.4 Å². The van der Waals surface area contributed by atoms with E-state index in [1.165, 1.54) is 24.3 Å². The molecule has 132 valence electrons. The Kier molecular flexibility index (Phi) is 6.70. The van der Waals surface area contributed by atoms with Gasteiger partial charge in [-0.15, -0.1) is 0 Å². The summed E-state index contributed by atoms with van der Waals surface area (Å²) >= 11 is 3.14. The van der Waals surface area contributed by atoms with E-state index in [2.05, 4.69) is 26.6 Å². The molecule has 2 aromatic rings. The summed E-state index contributed by atoms with van der Waals surface area (Å²) in [6.07, 6.45) is 0. The van der Waals surface area contributed by atoms with Crippen LogP contribution >= 0.6 is 15.9 Å². The topological polar surface area (TPSA) is 93.5 Å². The number of rotatable bonds is 8. The molecule has 1 amide bonds. The maximum atomic E-state index is 13.0. The van der Waals surface area contributed by atoms with Gasteiger partial charge in [0.2, 0.25) is 0 Å². The number of carbonyl (C=O) groups is 1. The summed E-state index contributed by atoms with van der Waals surface area (Å²) in [6.45, 7) is 0.353. The number of nitrogens with one attached hydrogen (secondary N) is 2. The smallest absolute Gasteiger partial charge is 0.292 e. The van der Waals surface area contributed by atoms with Crippen molar-refractivity contribution in [3.63, 3.8) is 0 Å². The molecule has 0 saturated heterocycles. The highest BCUT2D eigenvalue weighted by atomic mass is 79.9. The number of benzene rings is 2. The average Bonchev–Trinajstić information content (AvgIpc) is 2.58. The van der Waals surface area contributed by atoms with Gasteiger partial charge in [-0.3, -0.25) is 14.9 Å². The van der Waals surface area contributed by atoms with E-state index in [9.17, 15) is 19.3 Å². The number of carbonyl (C=O) groups excluding carboxylic acids is 1. The van der Waals surface area contributed by atoms with Crippen molar-refractivity contribution in [2.75, 3.05) is 25.0 Å². The fourth-order valence-electron chi connectivity index (χ4n) is 1.97. The molecule has 0 fully saturated rings. The van der Waals surface area contributed by atoms with E-state index in [1.807, 2.05) is 0 Å². The Morgan fingerprint density at radius 2 is 2.00 bits per heavy atom. The number of hydrogen-bond acceptors (Lipinski definition) is 5. The van der Waals surface area contributed by atoms with Crippen molar-refractivity contribution in [2.24, 2.45) is 0 Å². The van der Waals surface area contributed by atoms with Crippen molar-refractivity contribution in [2.45, 2.75) is 0 Å². The van der Waals surface area contributed by atoms with E-state index in [0.29, 0.717) is 22.5 Å². The van der Waals surface area contributed by atoms with Crippen LogP contribution in [-0.4, -0.2) is 30.5 Å². The van der Waals surface area contributed by atoms with Gasteiger partial charge in [-0.1, -0.05) is 12.1 Å². The van der Waals surface area contributed by atoms with Crippen molar-refractivity contribution in [3.8, 4) is 5.75 Å². The Labute approximate surface area is 151 Å². The number of ether oxygens (including phenoxy) is 1. The second-order valence-corrected chi connectivity index (χ2v) is 5.77. The quantitative estimate of drug-likeness (QED) is 0.395. The lowest BCUT2D eigenvalue weighted by Crippen LogP contribution is -2.32. The predicted octanol–water partition coefficient (Wildman–Crippen LogP) is 3.10. The molecule has 2 rings (SSSR count). The Morgan fingerprint density at radius 1 is 1.24 bits per heavy atom. The van der Waals surface area contributed by atoms with Crippen molar-refractivity contribution in [3.05, 3.63) is 62.9 Å². The largest absolute Gasteiger partial charge is 0.483 e. The van der Waals surface area contributed by atoms with Crippen LogP contribution in [-0.2, 0) is 4.79 Å². The molecule has 0 aromatic heterocycles. The highest BCUT2D eigenvalue weighted by molar-refractivity contribution is 9.10. The van der Waals surface area contributed by atoms with Gasteiger partial charge >= 0.3 is 0 Å². The van der Waals surface area contributed by atoms with Crippen molar-refractivity contribution in [1.29, 1.82) is 0 Å². The number of anilines is 1. The zero-order valence-corrected chi connectivity index (χ0v) is 14.6. The van der Waals surface area contributed by atoms with Gasteiger partial charge in [0.1, 0.15) is 17.3 Å². The van der Waals surface area contributed by atoms with Gasteiger partial charge in [-0.2, -0.15) is 0 Å². The third-order valence-corrected chi connectivity index (χ3v) is 3.74. The minimum atomic E-state index is -0.477. The van der Waals surface area contributed by atoms with Crippen LogP contribution in [0, 0.1) is 15.9 Å². The zero-order valence-electron chi connectivity index (χ0n) is 13.0. The Morgan fingerprint density at radius 3 is 2.72 bits per heavy atom. The van der Waals surface area contributed by atoms with Gasteiger partial charge < -0.3 is 15.4 Å². The van der Waals surface area contributed by atoms with E-state index in [0.717, 1.165) is 0 Å². The van der Waals surface area contributed by atoms with Gasteiger partial charge in [0, 0.05) is 19.2 Å². The van der Waals surface area contributed by atoms with Crippen molar-refractivity contribution >= 4 is 33.2 Å². The number of para-hydroxylation sites is 2. The van der Waals surface area contributed by atoms with Crippen LogP contribution in [0.25, 0.3) is 0 Å². The molecular weight excluding hydrogens is 397 g/mol. The summed E-state index contributed by atoms with van der Waals surface area (Å²) in [5, 5.41) is 16.4. The number of amides is 1. The first-order chi connectivity index (χ1) is 12.0. The van der Waals surface area contributed by atoms with E-state index in [4.69, 9.17) is 4.74 Å². The number of nitro groups is 1. The summed E-state index contributed by atoms with van der Waals surface area (Å²) in [5.74, 6) is -0.417. The lowest BCUT2D eigenvalue weighted by Gasteiger charge is -2.10. The van der Waals surface area contributed by atoms with Crippen molar-refractivity contribution in [1.82, 2.24) is 5.32 Å². The Hall–Kier alpha value is -2.68. The molecule has 0 aliphatic carbocycles. The molecule has 0 aliphatic rings. The van der Waals surface area contributed by atoms with E-state index in [1.54, 1.807) is 18.2 Å². The monoisotopic (exact) mass is 411 g/mol. The minimum absolute atomic E-state index is 0.0293. The molecule has 25 heavy (non-hydrogen) atoms. The first-order valence-electron chi connectivity index (χ1n) is 7.29. The zero-order chi connectivity index (χ0) is 18.2. The number of hydrogen-bond donors (Lipinski definition) is 2. The SMILES string of the molecule is O=C(COc1ccc(F)cc1Br)NCCNc1ccccc1[N+](=O)[O-]. The van der Waals surface area contributed by atoms with Crippen LogP contribution in [0.2, 0.25) is 0 Å². The highest BCUT2D eigenvalue weighted by Gasteiger charge is 2.11. The van der Waals surface area contributed by atoms with Gasteiger partial charge in [-0.25, -0.2) is 4.39 Å². The molecule has 0 bridgehead atoms. The predicted molar refractivity (Wildman–Crippen MR) is 94.2 cm³/mol. The third-order valence-electron chi connectivity index (χ3n) is 3.12. The van der Waals surface area contributed by atoms with Crippen LogP contribution in [0.3, 0.4) is 0 Å². The minimum Gasteiger partial charge on any atom is -0.483 e. The van der Waals surface area contributed by atoms with E-state index >= 15 is 0 Å². The summed E-state index contributed by atoms with van der Waals surface area (Å²) in [6, 6.07) is 10.1. The molecule has 2 N–H and O–H groups in total. The molecule has 0 atom stereocenters. The lowest BCUT2D eigenvalue weighted by atomic mass is 10.2. The Balaban J connectivity index is 1.73. The first kappa shape index (κ1) is 18.7.